The first-order valence-electron chi connectivity index (χ1n) is 8.16. The van der Waals surface area contributed by atoms with Gasteiger partial charge in [-0.1, -0.05) is 6.07 Å². The average molecular weight is 551 g/mol. The van der Waals surface area contributed by atoms with Crippen LogP contribution in [-0.2, 0) is 0 Å². The minimum Gasteiger partial charge on any atom is -0.390 e. The molecule has 12 heteroatoms. The fraction of sp³-hybridized carbons (Fsp3) is 0.222. The van der Waals surface area contributed by atoms with Gasteiger partial charge in [-0.2, -0.15) is 0 Å². The number of rotatable bonds is 6. The Balaban J connectivity index is 2.75. The Bertz CT molecular complexity index is 1020. The molecule has 2 rings (SSSR count). The molecule has 0 atom stereocenters. The van der Waals surface area contributed by atoms with Crippen molar-refractivity contribution in [1.82, 2.24) is 0 Å². The maximum absolute atomic E-state index is 13.7. The van der Waals surface area contributed by atoms with Crippen LogP contribution in [0.3, 0.4) is 0 Å². The summed E-state index contributed by atoms with van der Waals surface area (Å²) in [4.78, 5) is 17.5. The van der Waals surface area contributed by atoms with Gasteiger partial charge in [-0.15, -0.1) is 0 Å². The first-order valence-corrected chi connectivity index (χ1v) is 9.75. The zero-order valence-electron chi connectivity index (χ0n) is 15.6. The summed E-state index contributed by atoms with van der Waals surface area (Å²) in [6.07, 6.45) is 0.855. The Morgan fingerprint density at radius 3 is 2.33 bits per heavy atom. The van der Waals surface area contributed by atoms with Crippen LogP contribution >= 0.6 is 31.9 Å². The third-order valence-electron chi connectivity index (χ3n) is 4.33. The number of aliphatic hydroxyl groups is 5. The molecule has 162 valence electrons. The Hall–Kier alpha value is -1.93. The minimum atomic E-state index is -3.93. The first-order chi connectivity index (χ1) is 13.7. The maximum Gasteiger partial charge on any atom is 0.355 e. The van der Waals surface area contributed by atoms with Crippen LogP contribution in [0.25, 0.3) is 0 Å². The molecule has 0 unspecified atom stereocenters. The number of hydrogen-bond donors (Lipinski definition) is 6. The van der Waals surface area contributed by atoms with E-state index in [1.807, 2.05) is 0 Å². The molecule has 9 nitrogen and oxygen atoms in total. The fourth-order valence-corrected chi connectivity index (χ4v) is 4.18. The number of likely N-dealkylation sites (N-methyl/N-ethyl adjacent to an activating group) is 1. The van der Waals surface area contributed by atoms with Crippen LogP contribution in [0.1, 0.15) is 21.5 Å². The van der Waals surface area contributed by atoms with E-state index in [1.165, 1.54) is 18.2 Å². The first kappa shape index (κ1) is 24.3. The minimum absolute atomic E-state index is 0.0196. The summed E-state index contributed by atoms with van der Waals surface area (Å²) in [5.74, 6) is -8.69. The zero-order chi connectivity index (χ0) is 23.0. The van der Waals surface area contributed by atoms with E-state index in [9.17, 15) is 34.7 Å². The van der Waals surface area contributed by atoms with E-state index in [1.54, 1.807) is 6.92 Å². The number of carbonyl (C=O) groups excluding carboxylic acids is 1. The summed E-state index contributed by atoms with van der Waals surface area (Å²) in [5.41, 5.74) is 5.69. The van der Waals surface area contributed by atoms with E-state index in [-0.39, 0.29) is 31.4 Å². The van der Waals surface area contributed by atoms with Crippen LogP contribution in [0.4, 0.5) is 15.8 Å². The second-order valence-electron chi connectivity index (χ2n) is 6.31. The highest BCUT2D eigenvalue weighted by molar-refractivity contribution is 9.11. The van der Waals surface area contributed by atoms with Crippen molar-refractivity contribution in [2.24, 2.45) is 10.7 Å². The van der Waals surface area contributed by atoms with Gasteiger partial charge in [0.1, 0.15) is 11.5 Å². The number of aliphatic imine (C=N–C) groups is 1. The molecule has 0 saturated carbocycles. The summed E-state index contributed by atoms with van der Waals surface area (Å²) < 4.78 is 13.8. The van der Waals surface area contributed by atoms with E-state index in [0.29, 0.717) is 10.5 Å². The summed E-state index contributed by atoms with van der Waals surface area (Å²) >= 11 is 6.42. The van der Waals surface area contributed by atoms with Gasteiger partial charge in [-0.05, 0) is 62.5 Å². The average Bonchev–Trinajstić information content (AvgIpc) is 2.64. The normalized spacial score (nSPS) is 12.5. The number of benzene rings is 2. The molecule has 30 heavy (non-hydrogen) atoms. The third kappa shape index (κ3) is 4.39. The van der Waals surface area contributed by atoms with E-state index < -0.39 is 23.5 Å². The van der Waals surface area contributed by atoms with Crippen LogP contribution in [-0.4, -0.2) is 56.6 Å². The molecule has 0 aliphatic carbocycles. The molecular formula is C18H18Br2FN3O6. The molecule has 0 bridgehead atoms. The molecule has 0 heterocycles. The van der Waals surface area contributed by atoms with Crippen molar-refractivity contribution in [2.45, 2.75) is 18.8 Å². The predicted octanol–water partition coefficient (Wildman–Crippen LogP) is 1.21. The van der Waals surface area contributed by atoms with Crippen molar-refractivity contribution in [2.75, 3.05) is 11.9 Å². The molecule has 2 aromatic carbocycles. The molecule has 0 aliphatic rings. The number of hydrogen-bond acceptors (Lipinski definition) is 8. The molecule has 0 aromatic heterocycles. The number of ketones is 1. The smallest absolute Gasteiger partial charge is 0.355 e. The zero-order valence-corrected chi connectivity index (χ0v) is 18.8. The molecule has 0 fully saturated rings. The van der Waals surface area contributed by atoms with Gasteiger partial charge in [0.15, 0.2) is 5.78 Å². The van der Waals surface area contributed by atoms with Crippen LogP contribution in [0.2, 0.25) is 0 Å². The SMILES string of the molecule is Cc1ccc(F)cc1C(=O)c1c(Br)cc(N(C)C(O)(O)C(O)(O)O)c(N=CN)c1Br. The second-order valence-corrected chi connectivity index (χ2v) is 7.96. The molecule has 7 N–H and O–H groups in total. The Kier molecular flexibility index (Phi) is 7.03. The van der Waals surface area contributed by atoms with Gasteiger partial charge in [0.25, 0.3) is 0 Å². The van der Waals surface area contributed by atoms with Crippen molar-refractivity contribution in [3.05, 3.63) is 55.7 Å². The van der Waals surface area contributed by atoms with Crippen LogP contribution in [0.5, 0.6) is 0 Å². The van der Waals surface area contributed by atoms with Crippen molar-refractivity contribution in [3.8, 4) is 0 Å². The summed E-state index contributed by atoms with van der Waals surface area (Å²) in [6.45, 7) is 1.63. The number of anilines is 1. The molecule has 0 spiro atoms. The largest absolute Gasteiger partial charge is 0.390 e. The standard InChI is InChI=1S/C18H18Br2FN3O6/c1-8-3-4-9(21)5-10(8)16(25)13-11(19)6-12(15(14(13)20)23-7-22)24(2)17(26,27)18(28,29)30/h3-7,26-30H,1-2H3,(H2,22,23). The van der Waals surface area contributed by atoms with Crippen LogP contribution in [0.15, 0.2) is 38.2 Å². The van der Waals surface area contributed by atoms with E-state index in [4.69, 9.17) is 5.73 Å². The van der Waals surface area contributed by atoms with E-state index >= 15 is 0 Å². The fourth-order valence-electron chi connectivity index (χ4n) is 2.62. The quantitative estimate of drug-likeness (QED) is 0.135. The maximum atomic E-state index is 13.7. The van der Waals surface area contributed by atoms with Gasteiger partial charge in [0, 0.05) is 17.1 Å². The number of nitrogens with two attached hydrogens (primary N) is 1. The number of aryl methyl sites for hydroxylation is 1. The Labute approximate surface area is 187 Å². The van der Waals surface area contributed by atoms with Gasteiger partial charge in [-0.25, -0.2) is 9.38 Å². The van der Waals surface area contributed by atoms with Crippen LogP contribution < -0.4 is 10.6 Å². The van der Waals surface area contributed by atoms with Gasteiger partial charge in [0.05, 0.1) is 22.1 Å². The van der Waals surface area contributed by atoms with E-state index in [0.717, 1.165) is 19.5 Å². The Morgan fingerprint density at radius 1 is 1.20 bits per heavy atom. The molecule has 0 radical (unpaired) electrons. The lowest BCUT2D eigenvalue weighted by Crippen LogP contribution is -2.64. The topological polar surface area (TPSA) is 160 Å². The predicted molar refractivity (Wildman–Crippen MR) is 114 cm³/mol. The lowest BCUT2D eigenvalue weighted by atomic mass is 9.98. The van der Waals surface area contributed by atoms with Crippen molar-refractivity contribution in [1.29, 1.82) is 0 Å². The number of nitrogens with zero attached hydrogens (tertiary/aromatic N) is 2. The van der Waals surface area contributed by atoms with Gasteiger partial charge in [0.2, 0.25) is 0 Å². The lowest BCUT2D eigenvalue weighted by Gasteiger charge is -2.39. The highest BCUT2D eigenvalue weighted by Crippen LogP contribution is 2.44. The Morgan fingerprint density at radius 2 is 1.80 bits per heavy atom. The van der Waals surface area contributed by atoms with Crippen molar-refractivity contribution in [3.63, 3.8) is 0 Å². The number of halogens is 3. The van der Waals surface area contributed by atoms with Crippen LogP contribution in [0, 0.1) is 12.7 Å². The monoisotopic (exact) mass is 549 g/mol. The van der Waals surface area contributed by atoms with Crippen molar-refractivity contribution >= 4 is 55.4 Å². The molecular weight excluding hydrogens is 533 g/mol. The van der Waals surface area contributed by atoms with Gasteiger partial charge < -0.3 is 36.2 Å². The van der Waals surface area contributed by atoms with Gasteiger partial charge in [-0.3, -0.25) is 4.79 Å². The third-order valence-corrected chi connectivity index (χ3v) is 5.72. The number of carbonyl (C=O) groups is 1. The van der Waals surface area contributed by atoms with Crippen molar-refractivity contribution < 1.29 is 34.7 Å². The summed E-state index contributed by atoms with van der Waals surface area (Å²) in [5, 5.41) is 47.8. The van der Waals surface area contributed by atoms with Gasteiger partial charge >= 0.3 is 11.9 Å². The molecule has 2 aromatic rings. The molecule has 0 aliphatic heterocycles. The highest BCUT2D eigenvalue weighted by Gasteiger charge is 2.51. The lowest BCUT2D eigenvalue weighted by molar-refractivity contribution is -0.444. The molecule has 0 saturated heterocycles. The van der Waals surface area contributed by atoms with E-state index in [2.05, 4.69) is 36.9 Å². The highest BCUT2D eigenvalue weighted by atomic mass is 79.9. The summed E-state index contributed by atoms with van der Waals surface area (Å²) in [6, 6.07) is 4.94. The molecule has 0 amide bonds. The second kappa shape index (κ2) is 8.67. The summed E-state index contributed by atoms with van der Waals surface area (Å²) in [7, 11) is 1.01.